The minimum atomic E-state index is -0.746. The maximum Gasteiger partial charge on any atom is 0.241 e. The lowest BCUT2D eigenvalue weighted by Crippen LogP contribution is -2.59. The average molecular weight is 413 g/mol. The summed E-state index contributed by atoms with van der Waals surface area (Å²) in [4.78, 5) is 31.4. The Morgan fingerprint density at radius 3 is 2.70 bits per heavy atom. The monoisotopic (exact) mass is 413 g/mol. The molecule has 3 aliphatic heterocycles. The Bertz CT molecular complexity index is 881. The first-order chi connectivity index (χ1) is 14.2. The van der Waals surface area contributed by atoms with E-state index in [1.807, 2.05) is 23.6 Å². The van der Waals surface area contributed by atoms with Crippen molar-refractivity contribution in [2.24, 2.45) is 5.73 Å². The molecule has 1 aromatic rings. The van der Waals surface area contributed by atoms with Crippen molar-refractivity contribution in [2.45, 2.75) is 62.8 Å². The van der Waals surface area contributed by atoms with Gasteiger partial charge in [0.25, 0.3) is 0 Å². The number of amides is 2. The maximum absolute atomic E-state index is 13.3. The van der Waals surface area contributed by atoms with Crippen molar-refractivity contribution in [1.82, 2.24) is 14.7 Å². The summed E-state index contributed by atoms with van der Waals surface area (Å²) in [6, 6.07) is 7.05. The molecule has 30 heavy (non-hydrogen) atoms. The van der Waals surface area contributed by atoms with Crippen LogP contribution < -0.4 is 5.73 Å². The van der Waals surface area contributed by atoms with Crippen LogP contribution in [0.15, 0.2) is 24.3 Å². The van der Waals surface area contributed by atoms with Gasteiger partial charge >= 0.3 is 0 Å². The predicted molar refractivity (Wildman–Crippen MR) is 108 cm³/mol. The third-order valence-electron chi connectivity index (χ3n) is 6.86. The highest BCUT2D eigenvalue weighted by Gasteiger charge is 2.54. The molecule has 2 N–H and O–H groups in total. The van der Waals surface area contributed by atoms with Crippen molar-refractivity contribution in [1.29, 1.82) is 5.26 Å². The van der Waals surface area contributed by atoms with Crippen molar-refractivity contribution < 1.29 is 14.0 Å². The number of piperazine rings is 1. The van der Waals surface area contributed by atoms with Gasteiger partial charge in [-0.25, -0.2) is 4.39 Å². The van der Waals surface area contributed by atoms with Gasteiger partial charge in [-0.1, -0.05) is 12.1 Å². The largest absolute Gasteiger partial charge is 0.328 e. The summed E-state index contributed by atoms with van der Waals surface area (Å²) >= 11 is 0. The van der Waals surface area contributed by atoms with Gasteiger partial charge in [-0.3, -0.25) is 14.5 Å². The number of carbonyl (C=O) groups excluding carboxylic acids is 2. The first-order valence-corrected chi connectivity index (χ1v) is 10.5. The van der Waals surface area contributed by atoms with Gasteiger partial charge < -0.3 is 15.5 Å². The molecule has 3 saturated heterocycles. The van der Waals surface area contributed by atoms with Gasteiger partial charge in [0, 0.05) is 25.7 Å². The second-order valence-electron chi connectivity index (χ2n) is 9.06. The molecule has 4 atom stereocenters. The van der Waals surface area contributed by atoms with Crippen molar-refractivity contribution in [3.05, 3.63) is 35.6 Å². The van der Waals surface area contributed by atoms with Crippen LogP contribution >= 0.6 is 0 Å². The molecule has 2 amide bonds. The zero-order valence-corrected chi connectivity index (χ0v) is 17.4. The summed E-state index contributed by atoms with van der Waals surface area (Å²) in [5.41, 5.74) is 6.53. The SMILES string of the molecule is CC(C)(c1ccc(F)cc1)N1C(=O)[C@H]2CC1CN2C[C@H](N)C(=O)N1CCC[C@H]1C#N. The number of nitrogens with two attached hydrogens (primary N) is 1. The summed E-state index contributed by atoms with van der Waals surface area (Å²) in [6.45, 7) is 5.49. The summed E-state index contributed by atoms with van der Waals surface area (Å²) in [5.74, 6) is -0.487. The number of nitriles is 1. The summed E-state index contributed by atoms with van der Waals surface area (Å²) in [5, 5.41) is 9.22. The number of halogens is 1. The van der Waals surface area contributed by atoms with E-state index in [1.165, 1.54) is 12.1 Å². The van der Waals surface area contributed by atoms with Crippen molar-refractivity contribution in [2.75, 3.05) is 19.6 Å². The molecule has 0 radical (unpaired) electrons. The Balaban J connectivity index is 1.43. The highest BCUT2D eigenvalue weighted by atomic mass is 19.1. The first kappa shape index (κ1) is 20.8. The second kappa shape index (κ2) is 7.64. The average Bonchev–Trinajstić information content (AvgIpc) is 3.41. The van der Waals surface area contributed by atoms with E-state index in [2.05, 4.69) is 6.07 Å². The molecular weight excluding hydrogens is 385 g/mol. The van der Waals surface area contributed by atoms with E-state index < -0.39 is 17.6 Å². The molecule has 8 heteroatoms. The van der Waals surface area contributed by atoms with E-state index in [0.717, 1.165) is 12.0 Å². The van der Waals surface area contributed by atoms with Crippen molar-refractivity contribution >= 4 is 11.8 Å². The summed E-state index contributed by atoms with van der Waals surface area (Å²) in [7, 11) is 0. The minimum absolute atomic E-state index is 0.0243. The molecule has 7 nitrogen and oxygen atoms in total. The molecule has 4 rings (SSSR count). The minimum Gasteiger partial charge on any atom is -0.328 e. The van der Waals surface area contributed by atoms with Crippen LogP contribution in [0.25, 0.3) is 0 Å². The smallest absolute Gasteiger partial charge is 0.241 e. The van der Waals surface area contributed by atoms with Gasteiger partial charge in [0.2, 0.25) is 11.8 Å². The van der Waals surface area contributed by atoms with Crippen molar-refractivity contribution in [3.63, 3.8) is 0 Å². The Kier molecular flexibility index (Phi) is 5.28. The van der Waals surface area contributed by atoms with Gasteiger partial charge in [-0.2, -0.15) is 5.26 Å². The summed E-state index contributed by atoms with van der Waals surface area (Å²) in [6.07, 6.45) is 2.21. The van der Waals surface area contributed by atoms with Crippen LogP contribution in [0.1, 0.15) is 38.7 Å². The van der Waals surface area contributed by atoms with Crippen LogP contribution in [-0.4, -0.2) is 70.3 Å². The van der Waals surface area contributed by atoms with E-state index in [0.29, 0.717) is 32.5 Å². The van der Waals surface area contributed by atoms with Crippen LogP contribution in [0.4, 0.5) is 4.39 Å². The van der Waals surface area contributed by atoms with Crippen LogP contribution in [0, 0.1) is 17.1 Å². The molecule has 160 valence electrons. The fourth-order valence-corrected chi connectivity index (χ4v) is 5.30. The standard InChI is InChI=1S/C22H28FN5O2/c1-22(2,14-5-7-15(23)8-6-14)28-17-10-19(21(28)30)26(12-17)13-18(25)20(29)27-9-3-4-16(27)11-24/h5-8,16-19H,3-4,9-10,12-13,25H2,1-2H3/t16-,17?,18-,19+/m0/s1. The number of likely N-dealkylation sites (tertiary alicyclic amines) is 3. The third kappa shape index (κ3) is 3.36. The molecule has 0 saturated carbocycles. The Morgan fingerprint density at radius 1 is 1.37 bits per heavy atom. The highest BCUT2D eigenvalue weighted by molar-refractivity contribution is 5.87. The lowest BCUT2D eigenvalue weighted by Gasteiger charge is -2.44. The topological polar surface area (TPSA) is 93.7 Å². The fraction of sp³-hybridized carbons (Fsp3) is 0.591. The molecule has 2 bridgehead atoms. The van der Waals surface area contributed by atoms with E-state index in [1.54, 1.807) is 17.0 Å². The molecule has 3 heterocycles. The lowest BCUT2D eigenvalue weighted by molar-refractivity contribution is -0.144. The van der Waals surface area contributed by atoms with Gasteiger partial charge in [0.15, 0.2) is 0 Å². The zero-order chi connectivity index (χ0) is 21.6. The van der Waals surface area contributed by atoms with Crippen LogP contribution in [0.2, 0.25) is 0 Å². The molecule has 0 aliphatic carbocycles. The first-order valence-electron chi connectivity index (χ1n) is 10.5. The third-order valence-corrected chi connectivity index (χ3v) is 6.86. The van der Waals surface area contributed by atoms with Crippen LogP contribution in [0.3, 0.4) is 0 Å². The molecule has 1 aromatic carbocycles. The number of carbonyl (C=O) groups is 2. The number of rotatable bonds is 5. The zero-order valence-electron chi connectivity index (χ0n) is 17.4. The molecule has 0 spiro atoms. The van der Waals surface area contributed by atoms with Crippen LogP contribution in [-0.2, 0) is 15.1 Å². The molecule has 3 fully saturated rings. The van der Waals surface area contributed by atoms with E-state index in [-0.39, 0.29) is 29.7 Å². The molecule has 0 aromatic heterocycles. The fourth-order valence-electron chi connectivity index (χ4n) is 5.30. The number of benzene rings is 1. The number of nitrogens with zero attached hydrogens (tertiary/aromatic N) is 4. The molecule has 3 aliphatic rings. The maximum atomic E-state index is 13.3. The van der Waals surface area contributed by atoms with E-state index >= 15 is 0 Å². The number of fused-ring (bicyclic) bond motifs is 2. The number of hydrogen-bond donors (Lipinski definition) is 1. The summed E-state index contributed by atoms with van der Waals surface area (Å²) < 4.78 is 13.3. The Hall–Kier alpha value is -2.50. The van der Waals surface area contributed by atoms with E-state index in [4.69, 9.17) is 5.73 Å². The molecule has 1 unspecified atom stereocenters. The molecular formula is C22H28FN5O2. The normalized spacial score (nSPS) is 27.6. The van der Waals surface area contributed by atoms with Gasteiger partial charge in [0.1, 0.15) is 11.9 Å². The lowest BCUT2D eigenvalue weighted by atomic mass is 9.91. The van der Waals surface area contributed by atoms with Crippen molar-refractivity contribution in [3.8, 4) is 6.07 Å². The van der Waals surface area contributed by atoms with Gasteiger partial charge in [-0.15, -0.1) is 0 Å². The number of hydrogen-bond acceptors (Lipinski definition) is 5. The Morgan fingerprint density at radius 2 is 2.07 bits per heavy atom. The Labute approximate surface area is 176 Å². The second-order valence-corrected chi connectivity index (χ2v) is 9.06. The quantitative estimate of drug-likeness (QED) is 0.783. The van der Waals surface area contributed by atoms with Crippen LogP contribution in [0.5, 0.6) is 0 Å². The highest BCUT2D eigenvalue weighted by Crippen LogP contribution is 2.41. The van der Waals surface area contributed by atoms with Gasteiger partial charge in [0.05, 0.1) is 23.7 Å². The predicted octanol–water partition coefficient (Wildman–Crippen LogP) is 1.19. The van der Waals surface area contributed by atoms with E-state index in [9.17, 15) is 19.2 Å². The van der Waals surface area contributed by atoms with Gasteiger partial charge in [-0.05, 0) is 50.8 Å².